The molecule has 0 spiro atoms. The second-order valence-electron chi connectivity index (χ2n) is 4.25. The molecule has 0 unspecified atom stereocenters. The van der Waals surface area contributed by atoms with Gasteiger partial charge >= 0.3 is 12.6 Å². The number of ether oxygens (including phenoxy) is 2. The minimum atomic E-state index is -2.95. The largest absolute Gasteiger partial charge is 0.457 e. The standard InChI is InChI=1S/C16H11F2NO3/c17-16(18)22-14-4-2-1-3-13(14)10-21-15(20)12-7-5-11(9-19)6-8-12/h1-8,16H,10H2. The zero-order chi connectivity index (χ0) is 15.9. The first-order valence-corrected chi connectivity index (χ1v) is 6.30. The van der Waals surface area contributed by atoms with Gasteiger partial charge in [-0.25, -0.2) is 4.79 Å². The monoisotopic (exact) mass is 303 g/mol. The molecule has 6 heteroatoms. The molecule has 4 nitrogen and oxygen atoms in total. The van der Waals surface area contributed by atoms with Crippen molar-refractivity contribution < 1.29 is 23.0 Å². The normalized spacial score (nSPS) is 10.1. The first kappa shape index (κ1) is 15.4. The van der Waals surface area contributed by atoms with Gasteiger partial charge in [0.15, 0.2) is 0 Å². The number of nitrogens with zero attached hydrogens (tertiary/aromatic N) is 1. The van der Waals surface area contributed by atoms with Gasteiger partial charge in [-0.05, 0) is 30.3 Å². The summed E-state index contributed by atoms with van der Waals surface area (Å²) in [6.45, 7) is -3.14. The number of hydrogen-bond donors (Lipinski definition) is 0. The quantitative estimate of drug-likeness (QED) is 0.793. The first-order valence-electron chi connectivity index (χ1n) is 6.30. The van der Waals surface area contributed by atoms with Crippen LogP contribution in [0.25, 0.3) is 0 Å². The summed E-state index contributed by atoms with van der Waals surface area (Å²) >= 11 is 0. The maximum atomic E-state index is 12.3. The van der Waals surface area contributed by atoms with Gasteiger partial charge in [-0.15, -0.1) is 0 Å². The Bertz CT molecular complexity index is 693. The Labute approximate surface area is 125 Å². The van der Waals surface area contributed by atoms with Crippen molar-refractivity contribution in [1.29, 1.82) is 5.26 Å². The highest BCUT2D eigenvalue weighted by Gasteiger charge is 2.12. The van der Waals surface area contributed by atoms with Crippen LogP contribution >= 0.6 is 0 Å². The number of para-hydroxylation sites is 1. The third-order valence-corrected chi connectivity index (χ3v) is 2.80. The van der Waals surface area contributed by atoms with Gasteiger partial charge in [-0.3, -0.25) is 0 Å². The molecular weight excluding hydrogens is 292 g/mol. The van der Waals surface area contributed by atoms with E-state index >= 15 is 0 Å². The summed E-state index contributed by atoms with van der Waals surface area (Å²) in [4.78, 5) is 11.9. The van der Waals surface area contributed by atoms with Gasteiger partial charge in [-0.1, -0.05) is 18.2 Å². The van der Waals surface area contributed by atoms with E-state index in [-0.39, 0.29) is 17.9 Å². The van der Waals surface area contributed by atoms with Gasteiger partial charge in [0, 0.05) is 5.56 Å². The summed E-state index contributed by atoms with van der Waals surface area (Å²) in [6.07, 6.45) is 0. The van der Waals surface area contributed by atoms with Crippen LogP contribution < -0.4 is 4.74 Å². The molecule has 0 N–H and O–H groups in total. The first-order chi connectivity index (χ1) is 10.6. The van der Waals surface area contributed by atoms with E-state index in [1.54, 1.807) is 12.1 Å². The van der Waals surface area contributed by atoms with Crippen molar-refractivity contribution in [2.75, 3.05) is 0 Å². The smallest absolute Gasteiger partial charge is 0.387 e. The van der Waals surface area contributed by atoms with Crippen LogP contribution in [0.15, 0.2) is 48.5 Å². The Morgan fingerprint density at radius 2 is 1.82 bits per heavy atom. The summed E-state index contributed by atoms with van der Waals surface area (Å²) in [5.74, 6) is -0.651. The van der Waals surface area contributed by atoms with Gasteiger partial charge in [0.05, 0.1) is 17.2 Å². The Morgan fingerprint density at radius 1 is 1.14 bits per heavy atom. The van der Waals surface area contributed by atoms with E-state index in [1.165, 1.54) is 36.4 Å². The summed E-state index contributed by atoms with van der Waals surface area (Å²) < 4.78 is 34.0. The van der Waals surface area contributed by atoms with Crippen molar-refractivity contribution in [2.45, 2.75) is 13.2 Å². The van der Waals surface area contributed by atoms with Gasteiger partial charge in [0.1, 0.15) is 12.4 Å². The number of carbonyl (C=O) groups is 1. The van der Waals surface area contributed by atoms with Crippen molar-refractivity contribution >= 4 is 5.97 Å². The van der Waals surface area contributed by atoms with Crippen LogP contribution in [0.3, 0.4) is 0 Å². The van der Waals surface area contributed by atoms with E-state index in [4.69, 9.17) is 10.00 Å². The molecule has 0 bridgehead atoms. The number of benzene rings is 2. The minimum Gasteiger partial charge on any atom is -0.457 e. The number of alkyl halides is 2. The van der Waals surface area contributed by atoms with Crippen LogP contribution in [0.2, 0.25) is 0 Å². The van der Waals surface area contributed by atoms with Gasteiger partial charge in [0.25, 0.3) is 0 Å². The van der Waals surface area contributed by atoms with E-state index < -0.39 is 12.6 Å². The molecule has 112 valence electrons. The number of rotatable bonds is 5. The van der Waals surface area contributed by atoms with E-state index in [0.717, 1.165) is 0 Å². The third-order valence-electron chi connectivity index (χ3n) is 2.80. The minimum absolute atomic E-state index is 0.0369. The molecule has 22 heavy (non-hydrogen) atoms. The SMILES string of the molecule is N#Cc1ccc(C(=O)OCc2ccccc2OC(F)F)cc1. The molecule has 0 amide bonds. The summed E-state index contributed by atoms with van der Waals surface area (Å²) in [6, 6.07) is 13.9. The molecule has 2 aromatic carbocycles. The number of esters is 1. The summed E-state index contributed by atoms with van der Waals surface area (Å²) in [5.41, 5.74) is 1.03. The highest BCUT2D eigenvalue weighted by Crippen LogP contribution is 2.21. The topological polar surface area (TPSA) is 59.3 Å². The Kier molecular flexibility index (Phi) is 5.04. The van der Waals surface area contributed by atoms with E-state index in [2.05, 4.69) is 4.74 Å². The summed E-state index contributed by atoms with van der Waals surface area (Å²) in [7, 11) is 0. The molecule has 0 radical (unpaired) electrons. The molecule has 0 aliphatic rings. The van der Waals surface area contributed by atoms with Crippen LogP contribution in [0.5, 0.6) is 5.75 Å². The Balaban J connectivity index is 2.03. The highest BCUT2D eigenvalue weighted by atomic mass is 19.3. The van der Waals surface area contributed by atoms with E-state index in [0.29, 0.717) is 11.1 Å². The molecule has 0 fully saturated rings. The molecule has 2 aromatic rings. The average Bonchev–Trinajstić information content (AvgIpc) is 2.53. The number of halogens is 2. The zero-order valence-electron chi connectivity index (χ0n) is 11.3. The van der Waals surface area contributed by atoms with Crippen LogP contribution in [-0.4, -0.2) is 12.6 Å². The second-order valence-corrected chi connectivity index (χ2v) is 4.25. The maximum absolute atomic E-state index is 12.3. The molecule has 0 heterocycles. The molecule has 0 aliphatic heterocycles. The van der Waals surface area contributed by atoms with Crippen LogP contribution in [0.4, 0.5) is 8.78 Å². The predicted molar refractivity (Wildman–Crippen MR) is 73.4 cm³/mol. The number of hydrogen-bond acceptors (Lipinski definition) is 4. The van der Waals surface area contributed by atoms with E-state index in [1.807, 2.05) is 6.07 Å². The van der Waals surface area contributed by atoms with Crippen LogP contribution in [-0.2, 0) is 11.3 Å². The molecule has 2 rings (SSSR count). The summed E-state index contributed by atoms with van der Waals surface area (Å²) in [5, 5.41) is 8.68. The van der Waals surface area contributed by atoms with E-state index in [9.17, 15) is 13.6 Å². The van der Waals surface area contributed by atoms with Crippen molar-refractivity contribution in [3.63, 3.8) is 0 Å². The lowest BCUT2D eigenvalue weighted by molar-refractivity contribution is -0.0510. The number of carbonyl (C=O) groups excluding carboxylic acids is 1. The molecule has 0 aromatic heterocycles. The molecule has 0 atom stereocenters. The third kappa shape index (κ3) is 4.03. The highest BCUT2D eigenvalue weighted by molar-refractivity contribution is 5.89. The average molecular weight is 303 g/mol. The fraction of sp³-hybridized carbons (Fsp3) is 0.125. The van der Waals surface area contributed by atoms with Gasteiger partial charge in [0.2, 0.25) is 0 Å². The van der Waals surface area contributed by atoms with Crippen LogP contribution in [0.1, 0.15) is 21.5 Å². The molecule has 0 saturated carbocycles. The van der Waals surface area contributed by atoms with Crippen molar-refractivity contribution in [3.05, 3.63) is 65.2 Å². The Hall–Kier alpha value is -2.94. The lowest BCUT2D eigenvalue weighted by Gasteiger charge is -2.11. The fourth-order valence-electron chi connectivity index (χ4n) is 1.74. The van der Waals surface area contributed by atoms with Gasteiger partial charge < -0.3 is 9.47 Å². The zero-order valence-corrected chi connectivity index (χ0v) is 11.3. The molecule has 0 aliphatic carbocycles. The second kappa shape index (κ2) is 7.18. The maximum Gasteiger partial charge on any atom is 0.387 e. The molecular formula is C16H11F2NO3. The van der Waals surface area contributed by atoms with Gasteiger partial charge in [-0.2, -0.15) is 14.0 Å². The lowest BCUT2D eigenvalue weighted by atomic mass is 10.1. The Morgan fingerprint density at radius 3 is 2.45 bits per heavy atom. The van der Waals surface area contributed by atoms with Crippen molar-refractivity contribution in [1.82, 2.24) is 0 Å². The predicted octanol–water partition coefficient (Wildman–Crippen LogP) is 3.52. The lowest BCUT2D eigenvalue weighted by Crippen LogP contribution is -2.08. The van der Waals surface area contributed by atoms with Crippen molar-refractivity contribution in [3.8, 4) is 11.8 Å². The fourth-order valence-corrected chi connectivity index (χ4v) is 1.74. The van der Waals surface area contributed by atoms with Crippen LogP contribution in [0, 0.1) is 11.3 Å². The molecule has 0 saturated heterocycles. The number of nitriles is 1. The van der Waals surface area contributed by atoms with Crippen molar-refractivity contribution in [2.24, 2.45) is 0 Å².